The molecule has 1 N–H and O–H groups in total. The van der Waals surface area contributed by atoms with Crippen molar-refractivity contribution in [1.29, 1.82) is 0 Å². The van der Waals surface area contributed by atoms with Crippen molar-refractivity contribution in [2.24, 2.45) is 17.3 Å². The molecule has 2 saturated carbocycles. The Kier molecular flexibility index (Phi) is 8.71. The Morgan fingerprint density at radius 3 is 2.47 bits per heavy atom. The van der Waals surface area contributed by atoms with E-state index in [1.54, 1.807) is 27.0 Å². The molecule has 0 unspecified atom stereocenters. The molecule has 2 amide bonds. The predicted molar refractivity (Wildman–Crippen MR) is 168 cm³/mol. The van der Waals surface area contributed by atoms with Gasteiger partial charge < -0.3 is 9.47 Å². The summed E-state index contributed by atoms with van der Waals surface area (Å²) in [5.74, 6) is -0.901. The molecule has 1 aliphatic heterocycles. The number of carbonyl (C=O) groups is 3. The second kappa shape index (κ2) is 11.8. The Morgan fingerprint density at radius 1 is 1.16 bits per heavy atom. The quantitative estimate of drug-likeness (QED) is 0.348. The summed E-state index contributed by atoms with van der Waals surface area (Å²) in [6, 6.07) is 6.90. The largest absolute Gasteiger partial charge is 0.472 e. The van der Waals surface area contributed by atoms with Gasteiger partial charge in [-0.1, -0.05) is 44.9 Å². The molecule has 2 aromatic rings. The van der Waals surface area contributed by atoms with Crippen LogP contribution in [0, 0.1) is 24.2 Å². The van der Waals surface area contributed by atoms with E-state index in [2.05, 4.69) is 9.71 Å². The van der Waals surface area contributed by atoms with Crippen LogP contribution in [0.15, 0.2) is 30.5 Å². The summed E-state index contributed by atoms with van der Waals surface area (Å²) >= 11 is 0. The van der Waals surface area contributed by atoms with Crippen LogP contribution in [-0.2, 0) is 28.8 Å². The van der Waals surface area contributed by atoms with Gasteiger partial charge in [-0.3, -0.25) is 14.5 Å². The zero-order chi connectivity index (χ0) is 32.9. The van der Waals surface area contributed by atoms with Gasteiger partial charge >= 0.3 is 16.4 Å². The number of pyridine rings is 1. The number of benzene rings is 1. The SMILES string of the molecule is CC[C@@H]1C[C@]1(CC(=O)[C@@H]1C[C@@H](Oc2nccc3cc(C)ccc23)CN1C(=O)OC(C)(C)C)C(=O)NS(=O)(=O)OC1(C(C)C)CC1. The number of hydrogen-bond donors (Lipinski definition) is 1. The molecule has 11 nitrogen and oxygen atoms in total. The van der Waals surface area contributed by atoms with E-state index >= 15 is 0 Å². The maximum atomic E-state index is 14.0. The number of ketones is 1. The van der Waals surface area contributed by atoms with Crippen molar-refractivity contribution in [2.45, 2.75) is 110 Å². The van der Waals surface area contributed by atoms with Crippen LogP contribution in [0.4, 0.5) is 4.79 Å². The summed E-state index contributed by atoms with van der Waals surface area (Å²) in [4.78, 5) is 46.7. The summed E-state index contributed by atoms with van der Waals surface area (Å²) in [5.41, 5.74) is -1.71. The number of likely N-dealkylation sites (tertiary alicyclic amines) is 1. The maximum Gasteiger partial charge on any atom is 0.411 e. The van der Waals surface area contributed by atoms with Gasteiger partial charge in [0, 0.05) is 24.4 Å². The van der Waals surface area contributed by atoms with Crippen LogP contribution in [0.3, 0.4) is 0 Å². The van der Waals surface area contributed by atoms with E-state index in [1.165, 1.54) is 4.90 Å². The lowest BCUT2D eigenvalue weighted by molar-refractivity contribution is -0.132. The number of fused-ring (bicyclic) bond motifs is 1. The lowest BCUT2D eigenvalue weighted by Gasteiger charge is -2.28. The molecule has 246 valence electrons. The minimum Gasteiger partial charge on any atom is -0.472 e. The molecular formula is C33H45N3O8S. The van der Waals surface area contributed by atoms with Crippen LogP contribution in [0.2, 0.25) is 0 Å². The summed E-state index contributed by atoms with van der Waals surface area (Å²) in [6.45, 7) is 13.0. The third-order valence-electron chi connectivity index (χ3n) is 9.38. The van der Waals surface area contributed by atoms with E-state index in [4.69, 9.17) is 13.7 Å². The number of ether oxygens (including phenoxy) is 2. The summed E-state index contributed by atoms with van der Waals surface area (Å²) in [5, 5.41) is 1.77. The van der Waals surface area contributed by atoms with Gasteiger partial charge in [0.15, 0.2) is 5.78 Å². The Labute approximate surface area is 265 Å². The van der Waals surface area contributed by atoms with E-state index < -0.39 is 51.1 Å². The molecule has 3 fully saturated rings. The zero-order valence-electron chi connectivity index (χ0n) is 27.2. The van der Waals surface area contributed by atoms with E-state index in [-0.39, 0.29) is 37.0 Å². The summed E-state index contributed by atoms with van der Waals surface area (Å²) < 4.78 is 45.3. The normalized spacial score (nSPS) is 25.7. The number of rotatable bonds is 11. The Balaban J connectivity index is 1.35. The first kappa shape index (κ1) is 33.1. The third kappa shape index (κ3) is 7.11. The zero-order valence-corrected chi connectivity index (χ0v) is 28.0. The molecule has 1 aromatic heterocycles. The lowest BCUT2D eigenvalue weighted by Crippen LogP contribution is -2.46. The fraction of sp³-hybridized carbons (Fsp3) is 0.636. The van der Waals surface area contributed by atoms with Crippen LogP contribution >= 0.6 is 0 Å². The van der Waals surface area contributed by atoms with Crippen molar-refractivity contribution in [2.75, 3.05) is 6.54 Å². The highest BCUT2D eigenvalue weighted by Crippen LogP contribution is 2.58. The average Bonchev–Trinajstić information content (AvgIpc) is 3.82. The molecular weight excluding hydrogens is 598 g/mol. The van der Waals surface area contributed by atoms with Crippen LogP contribution < -0.4 is 9.46 Å². The monoisotopic (exact) mass is 643 g/mol. The topological polar surface area (TPSA) is 141 Å². The number of nitrogens with one attached hydrogen (secondary N) is 1. The van der Waals surface area contributed by atoms with Gasteiger partial charge in [-0.25, -0.2) is 18.7 Å². The highest BCUT2D eigenvalue weighted by atomic mass is 32.2. The molecule has 2 aliphatic carbocycles. The molecule has 2 heterocycles. The van der Waals surface area contributed by atoms with Crippen molar-refractivity contribution < 1.29 is 36.5 Å². The van der Waals surface area contributed by atoms with E-state index in [0.717, 1.165) is 16.3 Å². The minimum atomic E-state index is -4.38. The molecule has 45 heavy (non-hydrogen) atoms. The minimum absolute atomic E-state index is 0.0337. The van der Waals surface area contributed by atoms with Crippen LogP contribution in [-0.4, -0.2) is 66.0 Å². The standard InChI is InChI=1S/C33H45N3O8S/c1-8-23-17-32(23,29(38)35-45(40,41)44-33(12-13-33)20(2)3)18-27(37)26-16-24(19-36(26)30(39)43-31(5,6)7)42-28-25-10-9-21(4)15-22(25)11-14-34-28/h9-11,14-15,20,23-24,26H,8,12-13,16-19H2,1-7H3,(H,35,38)/t23-,24-,26+,32-/m1/s1. The second-order valence-electron chi connectivity index (χ2n) is 14.3. The number of aryl methyl sites for hydroxylation is 1. The van der Waals surface area contributed by atoms with E-state index in [0.29, 0.717) is 31.6 Å². The number of nitrogens with zero attached hydrogens (tertiary/aromatic N) is 2. The van der Waals surface area contributed by atoms with Crippen molar-refractivity contribution in [1.82, 2.24) is 14.6 Å². The fourth-order valence-corrected chi connectivity index (χ4v) is 7.75. The number of hydrogen-bond acceptors (Lipinski definition) is 9. The van der Waals surface area contributed by atoms with Gasteiger partial charge in [0.05, 0.1) is 23.6 Å². The van der Waals surface area contributed by atoms with Crippen molar-refractivity contribution in [3.05, 3.63) is 36.0 Å². The molecule has 0 bridgehead atoms. The first-order chi connectivity index (χ1) is 21.0. The molecule has 12 heteroatoms. The Morgan fingerprint density at radius 2 is 1.87 bits per heavy atom. The number of carbonyl (C=O) groups excluding carboxylic acids is 3. The maximum absolute atomic E-state index is 14.0. The number of aromatic nitrogens is 1. The van der Waals surface area contributed by atoms with Gasteiger partial charge in [0.25, 0.3) is 0 Å². The first-order valence-corrected chi connectivity index (χ1v) is 17.2. The van der Waals surface area contributed by atoms with Crippen molar-refractivity contribution >= 4 is 38.9 Å². The lowest BCUT2D eigenvalue weighted by atomic mass is 9.91. The van der Waals surface area contributed by atoms with Crippen molar-refractivity contribution in [3.63, 3.8) is 0 Å². The van der Waals surface area contributed by atoms with E-state index in [1.807, 2.05) is 52.0 Å². The van der Waals surface area contributed by atoms with Gasteiger partial charge in [0.1, 0.15) is 11.7 Å². The van der Waals surface area contributed by atoms with Crippen LogP contribution in [0.5, 0.6) is 5.88 Å². The second-order valence-corrected chi connectivity index (χ2v) is 15.5. The van der Waals surface area contributed by atoms with Crippen molar-refractivity contribution in [3.8, 4) is 5.88 Å². The third-order valence-corrected chi connectivity index (χ3v) is 10.4. The average molecular weight is 644 g/mol. The molecule has 5 rings (SSSR count). The molecule has 4 atom stereocenters. The molecule has 1 aromatic carbocycles. The van der Waals surface area contributed by atoms with E-state index in [9.17, 15) is 22.8 Å². The van der Waals surface area contributed by atoms with Gasteiger partial charge in [-0.15, -0.1) is 0 Å². The molecule has 0 spiro atoms. The smallest absolute Gasteiger partial charge is 0.411 e. The van der Waals surface area contributed by atoms with Crippen LogP contribution in [0.1, 0.15) is 85.6 Å². The molecule has 0 radical (unpaired) electrons. The molecule has 1 saturated heterocycles. The number of Topliss-reactive ketones (excluding diaryl/α,β-unsaturated/α-hetero) is 1. The predicted octanol–water partition coefficient (Wildman–Crippen LogP) is 5.24. The highest BCUT2D eigenvalue weighted by Gasteiger charge is 2.62. The molecule has 3 aliphatic rings. The Hall–Kier alpha value is -3.25. The van der Waals surface area contributed by atoms with Gasteiger partial charge in [-0.05, 0) is 76.3 Å². The highest BCUT2D eigenvalue weighted by molar-refractivity contribution is 7.85. The summed E-state index contributed by atoms with van der Waals surface area (Å²) in [7, 11) is -4.38. The number of amides is 2. The summed E-state index contributed by atoms with van der Waals surface area (Å²) in [6.07, 6.45) is 2.55. The van der Waals surface area contributed by atoms with Gasteiger partial charge in [0.2, 0.25) is 11.8 Å². The van der Waals surface area contributed by atoms with Crippen LogP contribution in [0.25, 0.3) is 10.8 Å². The fourth-order valence-electron chi connectivity index (χ4n) is 6.49. The Bertz CT molecular complexity index is 1600. The first-order valence-electron chi connectivity index (χ1n) is 15.8. The van der Waals surface area contributed by atoms with Gasteiger partial charge in [-0.2, -0.15) is 8.42 Å².